The lowest BCUT2D eigenvalue weighted by Gasteiger charge is -2.33. The predicted octanol–water partition coefficient (Wildman–Crippen LogP) is 1.74. The molecule has 0 saturated carbocycles. The molecular weight excluding hydrogens is 284 g/mol. The highest BCUT2D eigenvalue weighted by Crippen LogP contribution is 2.21. The van der Waals surface area contributed by atoms with E-state index in [0.717, 1.165) is 19.4 Å². The molecule has 0 aromatic rings. The SMILES string of the molecule is CCN(CC)C(=O)CCC(=O)N1CCCC(CCC(=O)O)C1. The van der Waals surface area contributed by atoms with Crippen LogP contribution in [0.25, 0.3) is 0 Å². The highest BCUT2D eigenvalue weighted by atomic mass is 16.4. The summed E-state index contributed by atoms with van der Waals surface area (Å²) in [5.41, 5.74) is 0. The molecule has 0 aromatic heterocycles. The second kappa shape index (κ2) is 9.43. The number of amides is 2. The number of hydrogen-bond acceptors (Lipinski definition) is 3. The van der Waals surface area contributed by atoms with E-state index in [1.807, 2.05) is 13.8 Å². The molecule has 0 bridgehead atoms. The smallest absolute Gasteiger partial charge is 0.303 e. The minimum absolute atomic E-state index is 0.0144. The molecule has 126 valence electrons. The fraction of sp³-hybridized carbons (Fsp3) is 0.812. The van der Waals surface area contributed by atoms with Gasteiger partial charge in [-0.2, -0.15) is 0 Å². The molecular formula is C16H28N2O4. The number of carboxylic acids is 1. The first kappa shape index (κ1) is 18.5. The van der Waals surface area contributed by atoms with Crippen molar-refractivity contribution in [3.05, 3.63) is 0 Å². The van der Waals surface area contributed by atoms with Crippen LogP contribution >= 0.6 is 0 Å². The third kappa shape index (κ3) is 6.03. The van der Waals surface area contributed by atoms with Gasteiger partial charge >= 0.3 is 5.97 Å². The third-order valence-corrected chi connectivity index (χ3v) is 4.31. The Morgan fingerprint density at radius 1 is 1.14 bits per heavy atom. The van der Waals surface area contributed by atoms with Crippen LogP contribution in [0.2, 0.25) is 0 Å². The third-order valence-electron chi connectivity index (χ3n) is 4.31. The largest absolute Gasteiger partial charge is 0.481 e. The maximum absolute atomic E-state index is 12.2. The van der Waals surface area contributed by atoms with E-state index in [1.165, 1.54) is 0 Å². The van der Waals surface area contributed by atoms with E-state index in [-0.39, 0.29) is 37.0 Å². The normalized spacial score (nSPS) is 18.1. The Balaban J connectivity index is 2.38. The quantitative estimate of drug-likeness (QED) is 0.740. The van der Waals surface area contributed by atoms with Gasteiger partial charge in [0, 0.05) is 45.4 Å². The molecule has 0 aliphatic carbocycles. The second-order valence-electron chi connectivity index (χ2n) is 5.85. The van der Waals surface area contributed by atoms with Crippen LogP contribution in [0, 0.1) is 5.92 Å². The summed E-state index contributed by atoms with van der Waals surface area (Å²) < 4.78 is 0. The number of likely N-dealkylation sites (tertiary alicyclic amines) is 1. The first-order valence-corrected chi connectivity index (χ1v) is 8.25. The number of rotatable bonds is 8. The van der Waals surface area contributed by atoms with Crippen LogP contribution in [0.5, 0.6) is 0 Å². The van der Waals surface area contributed by atoms with Crippen LogP contribution in [0.4, 0.5) is 0 Å². The fourth-order valence-electron chi connectivity index (χ4n) is 2.96. The fourth-order valence-corrected chi connectivity index (χ4v) is 2.96. The Morgan fingerprint density at radius 3 is 2.41 bits per heavy atom. The molecule has 6 nitrogen and oxygen atoms in total. The van der Waals surface area contributed by atoms with Gasteiger partial charge in [0.2, 0.25) is 11.8 Å². The zero-order valence-corrected chi connectivity index (χ0v) is 13.7. The first-order valence-electron chi connectivity index (χ1n) is 8.25. The van der Waals surface area contributed by atoms with Gasteiger partial charge in [-0.3, -0.25) is 14.4 Å². The average molecular weight is 312 g/mol. The van der Waals surface area contributed by atoms with Crippen LogP contribution in [0.3, 0.4) is 0 Å². The van der Waals surface area contributed by atoms with Gasteiger partial charge in [-0.25, -0.2) is 0 Å². The Labute approximate surface area is 132 Å². The van der Waals surface area contributed by atoms with Gasteiger partial charge in [-0.05, 0) is 39.0 Å². The maximum atomic E-state index is 12.2. The van der Waals surface area contributed by atoms with Crippen molar-refractivity contribution in [3.8, 4) is 0 Å². The van der Waals surface area contributed by atoms with Crippen LogP contribution in [0.1, 0.15) is 52.4 Å². The van der Waals surface area contributed by atoms with Gasteiger partial charge in [0.1, 0.15) is 0 Å². The lowest BCUT2D eigenvalue weighted by molar-refractivity contribution is -0.138. The molecule has 1 atom stereocenters. The summed E-state index contributed by atoms with van der Waals surface area (Å²) in [7, 11) is 0. The summed E-state index contributed by atoms with van der Waals surface area (Å²) >= 11 is 0. The first-order chi connectivity index (χ1) is 10.5. The van der Waals surface area contributed by atoms with E-state index < -0.39 is 5.97 Å². The molecule has 1 fully saturated rings. The number of nitrogens with zero attached hydrogens (tertiary/aromatic N) is 2. The molecule has 1 N–H and O–H groups in total. The van der Waals surface area contributed by atoms with Gasteiger partial charge in [0.25, 0.3) is 0 Å². The molecule has 0 radical (unpaired) electrons. The molecule has 6 heteroatoms. The number of hydrogen-bond donors (Lipinski definition) is 1. The monoisotopic (exact) mass is 312 g/mol. The lowest BCUT2D eigenvalue weighted by atomic mass is 9.93. The minimum atomic E-state index is -0.784. The summed E-state index contributed by atoms with van der Waals surface area (Å²) in [6, 6.07) is 0. The van der Waals surface area contributed by atoms with Crippen molar-refractivity contribution >= 4 is 17.8 Å². The van der Waals surface area contributed by atoms with Crippen LogP contribution < -0.4 is 0 Å². The molecule has 1 rings (SSSR count). The highest BCUT2D eigenvalue weighted by molar-refractivity contribution is 5.83. The molecule has 22 heavy (non-hydrogen) atoms. The minimum Gasteiger partial charge on any atom is -0.481 e. The summed E-state index contributed by atoms with van der Waals surface area (Å²) in [5, 5.41) is 8.74. The van der Waals surface area contributed by atoms with Gasteiger partial charge in [0.15, 0.2) is 0 Å². The van der Waals surface area contributed by atoms with E-state index in [0.29, 0.717) is 26.1 Å². The average Bonchev–Trinajstić information content (AvgIpc) is 2.52. The standard InChI is InChI=1S/C16H28N2O4/c1-3-17(4-2)14(19)8-9-15(20)18-11-5-6-13(12-18)7-10-16(21)22/h13H,3-12H2,1-2H3,(H,21,22). The highest BCUT2D eigenvalue weighted by Gasteiger charge is 2.24. The van der Waals surface area contributed by atoms with Gasteiger partial charge in [-0.15, -0.1) is 0 Å². The van der Waals surface area contributed by atoms with Crippen LogP contribution in [-0.2, 0) is 14.4 Å². The molecule has 1 heterocycles. The van der Waals surface area contributed by atoms with Crippen molar-refractivity contribution in [1.29, 1.82) is 0 Å². The maximum Gasteiger partial charge on any atom is 0.303 e. The van der Waals surface area contributed by atoms with Crippen molar-refractivity contribution in [2.24, 2.45) is 5.92 Å². The van der Waals surface area contributed by atoms with E-state index in [4.69, 9.17) is 5.11 Å². The Bertz CT molecular complexity index is 394. The lowest BCUT2D eigenvalue weighted by Crippen LogP contribution is -2.40. The van der Waals surface area contributed by atoms with Gasteiger partial charge in [0.05, 0.1) is 0 Å². The molecule has 1 aliphatic rings. The number of carbonyl (C=O) groups excluding carboxylic acids is 2. The summed E-state index contributed by atoms with van der Waals surface area (Å²) in [4.78, 5) is 38.3. The molecule has 1 aliphatic heterocycles. The Hall–Kier alpha value is -1.59. The second-order valence-corrected chi connectivity index (χ2v) is 5.85. The molecule has 2 amide bonds. The van der Waals surface area contributed by atoms with E-state index >= 15 is 0 Å². The van der Waals surface area contributed by atoms with Crippen LogP contribution in [0.15, 0.2) is 0 Å². The molecule has 0 spiro atoms. The van der Waals surface area contributed by atoms with E-state index in [9.17, 15) is 14.4 Å². The molecule has 0 aromatic carbocycles. The Kier molecular flexibility index (Phi) is 7.91. The summed E-state index contributed by atoms with van der Waals surface area (Å²) in [6.45, 7) is 6.56. The Morgan fingerprint density at radius 2 is 1.82 bits per heavy atom. The van der Waals surface area contributed by atoms with Gasteiger partial charge < -0.3 is 14.9 Å². The number of carboxylic acid groups (broad SMARTS) is 1. The van der Waals surface area contributed by atoms with Crippen molar-refractivity contribution in [1.82, 2.24) is 9.80 Å². The summed E-state index contributed by atoms with van der Waals surface area (Å²) in [5.74, 6) is -0.473. The van der Waals surface area contributed by atoms with E-state index in [1.54, 1.807) is 9.80 Å². The van der Waals surface area contributed by atoms with Crippen molar-refractivity contribution in [2.75, 3.05) is 26.2 Å². The van der Waals surface area contributed by atoms with Crippen molar-refractivity contribution < 1.29 is 19.5 Å². The zero-order valence-electron chi connectivity index (χ0n) is 13.7. The van der Waals surface area contributed by atoms with Crippen molar-refractivity contribution in [2.45, 2.75) is 52.4 Å². The topological polar surface area (TPSA) is 77.9 Å². The van der Waals surface area contributed by atoms with Crippen molar-refractivity contribution in [3.63, 3.8) is 0 Å². The van der Waals surface area contributed by atoms with E-state index in [2.05, 4.69) is 0 Å². The number of carbonyl (C=O) groups is 3. The van der Waals surface area contributed by atoms with Crippen LogP contribution in [-0.4, -0.2) is 58.9 Å². The molecule has 1 saturated heterocycles. The predicted molar refractivity (Wildman–Crippen MR) is 83.3 cm³/mol. The number of aliphatic carboxylic acids is 1. The summed E-state index contributed by atoms with van der Waals surface area (Å²) in [6.07, 6.45) is 3.19. The number of piperidine rings is 1. The molecule has 1 unspecified atom stereocenters. The van der Waals surface area contributed by atoms with Gasteiger partial charge in [-0.1, -0.05) is 0 Å². The zero-order chi connectivity index (χ0) is 16.5.